The molecule has 3 heteroatoms. The first-order chi connectivity index (χ1) is 15.7. The lowest BCUT2D eigenvalue weighted by atomic mass is 9.46. The Balaban J connectivity index is 1.66. The Morgan fingerprint density at radius 3 is 2.29 bits per heavy atom. The van der Waals surface area contributed by atoms with Gasteiger partial charge in [-0.05, 0) is 110 Å². The van der Waals surface area contributed by atoms with Crippen molar-refractivity contribution in [3.8, 4) is 0 Å². The van der Waals surface area contributed by atoms with E-state index in [-0.39, 0.29) is 33.7 Å². The summed E-state index contributed by atoms with van der Waals surface area (Å²) in [5.74, 6) is 2.78. The molecule has 0 aliphatic heterocycles. The summed E-state index contributed by atoms with van der Waals surface area (Å²) in [5, 5.41) is 21.3. The first kappa shape index (κ1) is 26.0. The minimum atomic E-state index is -0.515. The van der Waals surface area contributed by atoms with Gasteiger partial charge in [0.25, 0.3) is 0 Å². The van der Waals surface area contributed by atoms with Gasteiger partial charge in [-0.2, -0.15) is 0 Å². The van der Waals surface area contributed by atoms with E-state index < -0.39 is 5.41 Å². The number of Topliss-reactive ketones (excluding diaryl/α,β-unsaturated/α-hetero) is 1. The minimum Gasteiger partial charge on any atom is -0.505 e. The van der Waals surface area contributed by atoms with Crippen LogP contribution < -0.4 is 0 Å². The SMILES string of the molecule is C=C(C)[C@@H]1CCC2(CO)CCC(C)(C)C(CCC3[C@@H](C)CCC4C(C)(C)C(=O)C(O)=CC34C)C12. The van der Waals surface area contributed by atoms with Crippen LogP contribution >= 0.6 is 0 Å². The molecule has 6 unspecified atom stereocenters. The fourth-order valence-corrected chi connectivity index (χ4v) is 9.81. The zero-order chi connectivity index (χ0) is 25.3. The molecule has 4 aliphatic carbocycles. The van der Waals surface area contributed by atoms with Crippen molar-refractivity contribution in [3.05, 3.63) is 24.0 Å². The molecule has 3 fully saturated rings. The van der Waals surface area contributed by atoms with E-state index in [1.54, 1.807) is 0 Å². The Bertz CT molecular complexity index is 866. The third-order valence-corrected chi connectivity index (χ3v) is 11.8. The van der Waals surface area contributed by atoms with Crippen molar-refractivity contribution >= 4 is 5.78 Å². The van der Waals surface area contributed by atoms with Gasteiger partial charge in [0, 0.05) is 12.0 Å². The summed E-state index contributed by atoms with van der Waals surface area (Å²) >= 11 is 0. The van der Waals surface area contributed by atoms with E-state index in [0.29, 0.717) is 36.2 Å². The molecule has 0 radical (unpaired) electrons. The van der Waals surface area contributed by atoms with Crippen molar-refractivity contribution in [2.24, 2.45) is 57.2 Å². The molecule has 192 valence electrons. The van der Waals surface area contributed by atoms with Gasteiger partial charge in [-0.1, -0.05) is 60.1 Å². The Morgan fingerprint density at radius 2 is 1.68 bits per heavy atom. The van der Waals surface area contributed by atoms with E-state index in [4.69, 9.17) is 0 Å². The van der Waals surface area contributed by atoms with Gasteiger partial charge in [-0.15, -0.1) is 0 Å². The quantitative estimate of drug-likeness (QED) is 0.409. The highest BCUT2D eigenvalue weighted by atomic mass is 16.3. The predicted octanol–water partition coefficient (Wildman–Crippen LogP) is 7.50. The molecule has 0 amide bonds. The first-order valence-electron chi connectivity index (χ1n) is 13.9. The summed E-state index contributed by atoms with van der Waals surface area (Å²) in [4.78, 5) is 12.9. The Morgan fingerprint density at radius 1 is 1.03 bits per heavy atom. The standard InChI is InChI=1S/C31H50O3/c1-19(2)21-13-14-31(18-32)16-15-28(4,5)23(26(21)31)11-10-22-20(3)9-12-25-29(6,7)27(34)24(33)17-30(22,25)8/h17,20-23,25-26,32-33H,1,9-16,18H2,2-8H3/t20-,21-,22?,23?,25?,26?,30?,31?/m0/s1. The number of carbonyl (C=O) groups is 1. The second-order valence-electron chi connectivity index (χ2n) is 14.4. The Labute approximate surface area is 208 Å². The molecule has 4 aliphatic rings. The van der Waals surface area contributed by atoms with E-state index in [2.05, 4.69) is 41.2 Å². The molecule has 0 saturated heterocycles. The maximum absolute atomic E-state index is 12.9. The molecule has 0 aromatic rings. The van der Waals surface area contributed by atoms with Crippen molar-refractivity contribution in [1.82, 2.24) is 0 Å². The Kier molecular flexibility index (Phi) is 6.49. The highest BCUT2D eigenvalue weighted by molar-refractivity contribution is 5.98. The average Bonchev–Trinajstić information content (AvgIpc) is 3.13. The van der Waals surface area contributed by atoms with Gasteiger partial charge in [-0.3, -0.25) is 4.79 Å². The van der Waals surface area contributed by atoms with Crippen LogP contribution in [0.5, 0.6) is 0 Å². The maximum Gasteiger partial charge on any atom is 0.202 e. The van der Waals surface area contributed by atoms with Crippen molar-refractivity contribution in [3.63, 3.8) is 0 Å². The van der Waals surface area contributed by atoms with Gasteiger partial charge in [0.2, 0.25) is 5.78 Å². The van der Waals surface area contributed by atoms with E-state index in [0.717, 1.165) is 38.5 Å². The van der Waals surface area contributed by atoms with Crippen LogP contribution in [-0.4, -0.2) is 22.6 Å². The van der Waals surface area contributed by atoms with Crippen LogP contribution in [0.2, 0.25) is 0 Å². The minimum absolute atomic E-state index is 0.0155. The molecule has 0 bridgehead atoms. The van der Waals surface area contributed by atoms with Crippen LogP contribution in [0.4, 0.5) is 0 Å². The summed E-state index contributed by atoms with van der Waals surface area (Å²) < 4.78 is 0. The topological polar surface area (TPSA) is 57.5 Å². The Hall–Kier alpha value is -1.09. The summed E-state index contributed by atoms with van der Waals surface area (Å²) in [5.41, 5.74) is 0.931. The van der Waals surface area contributed by atoms with Gasteiger partial charge >= 0.3 is 0 Å². The normalized spacial score (nSPS) is 45.3. The number of allylic oxidation sites excluding steroid dienone is 3. The number of hydrogen-bond donors (Lipinski definition) is 2. The second-order valence-corrected chi connectivity index (χ2v) is 14.4. The van der Waals surface area contributed by atoms with Gasteiger partial charge in [0.1, 0.15) is 0 Å². The van der Waals surface area contributed by atoms with Crippen molar-refractivity contribution in [1.29, 1.82) is 0 Å². The highest BCUT2D eigenvalue weighted by Crippen LogP contribution is 2.65. The third kappa shape index (κ3) is 3.75. The van der Waals surface area contributed by atoms with E-state index in [9.17, 15) is 15.0 Å². The monoisotopic (exact) mass is 470 g/mol. The van der Waals surface area contributed by atoms with Crippen molar-refractivity contribution in [2.45, 2.75) is 99.8 Å². The van der Waals surface area contributed by atoms with Crippen LogP contribution in [0.25, 0.3) is 0 Å². The van der Waals surface area contributed by atoms with Crippen LogP contribution in [0.15, 0.2) is 24.0 Å². The fourth-order valence-electron chi connectivity index (χ4n) is 9.81. The molecule has 0 aromatic carbocycles. The fraction of sp³-hybridized carbons (Fsp3) is 0.839. The second kappa shape index (κ2) is 8.49. The molecule has 0 aromatic heterocycles. The maximum atomic E-state index is 12.9. The van der Waals surface area contributed by atoms with Gasteiger partial charge in [-0.25, -0.2) is 0 Å². The van der Waals surface area contributed by atoms with E-state index in [1.165, 1.54) is 18.4 Å². The molecule has 34 heavy (non-hydrogen) atoms. The largest absolute Gasteiger partial charge is 0.505 e. The number of aliphatic hydroxyl groups excluding tert-OH is 2. The zero-order valence-corrected chi connectivity index (χ0v) is 22.9. The molecule has 2 N–H and O–H groups in total. The average molecular weight is 471 g/mol. The molecule has 3 saturated carbocycles. The van der Waals surface area contributed by atoms with Crippen molar-refractivity contribution < 1.29 is 15.0 Å². The third-order valence-electron chi connectivity index (χ3n) is 11.8. The number of aliphatic hydroxyl groups is 2. The van der Waals surface area contributed by atoms with E-state index in [1.807, 2.05) is 19.9 Å². The zero-order valence-electron chi connectivity index (χ0n) is 22.9. The lowest BCUT2D eigenvalue weighted by Gasteiger charge is -2.57. The molecular formula is C31H50O3. The van der Waals surface area contributed by atoms with Crippen molar-refractivity contribution in [2.75, 3.05) is 6.61 Å². The van der Waals surface area contributed by atoms with Gasteiger partial charge in [0.15, 0.2) is 5.76 Å². The van der Waals surface area contributed by atoms with Crippen LogP contribution in [-0.2, 0) is 4.79 Å². The molecule has 8 atom stereocenters. The first-order valence-corrected chi connectivity index (χ1v) is 13.9. The van der Waals surface area contributed by atoms with E-state index >= 15 is 0 Å². The lowest BCUT2D eigenvalue weighted by Crippen LogP contribution is -2.54. The summed E-state index contributed by atoms with van der Waals surface area (Å²) in [7, 11) is 0. The molecule has 0 heterocycles. The number of fused-ring (bicyclic) bond motifs is 2. The molecule has 0 spiro atoms. The van der Waals surface area contributed by atoms with Crippen LogP contribution in [0.1, 0.15) is 99.8 Å². The summed E-state index contributed by atoms with van der Waals surface area (Å²) in [6, 6.07) is 0. The number of ketones is 1. The predicted molar refractivity (Wildman–Crippen MR) is 139 cm³/mol. The summed E-state index contributed by atoms with van der Waals surface area (Å²) in [6.07, 6.45) is 11.0. The van der Waals surface area contributed by atoms with Gasteiger partial charge < -0.3 is 10.2 Å². The number of carbonyl (C=O) groups excluding carboxylic acids is 1. The lowest BCUT2D eigenvalue weighted by molar-refractivity contribution is -0.139. The highest BCUT2D eigenvalue weighted by Gasteiger charge is 2.59. The summed E-state index contributed by atoms with van der Waals surface area (Å²) in [6.45, 7) is 20.6. The number of hydrogen-bond acceptors (Lipinski definition) is 3. The number of rotatable bonds is 5. The molecule has 4 rings (SSSR count). The van der Waals surface area contributed by atoms with Crippen LogP contribution in [0, 0.1) is 57.2 Å². The smallest absolute Gasteiger partial charge is 0.202 e. The van der Waals surface area contributed by atoms with Gasteiger partial charge in [0.05, 0.1) is 0 Å². The van der Waals surface area contributed by atoms with Crippen LogP contribution in [0.3, 0.4) is 0 Å². The molecular weight excluding hydrogens is 420 g/mol. The molecule has 3 nitrogen and oxygen atoms in total.